The minimum absolute atomic E-state index is 0.0488. The van der Waals surface area contributed by atoms with Crippen LogP contribution in [0, 0.1) is 19.8 Å². The Balaban J connectivity index is 1.41. The lowest BCUT2D eigenvalue weighted by atomic mass is 9.97. The Morgan fingerprint density at radius 2 is 2.00 bits per heavy atom. The summed E-state index contributed by atoms with van der Waals surface area (Å²) in [4.78, 5) is 19.2. The summed E-state index contributed by atoms with van der Waals surface area (Å²) < 4.78 is 1.91. The molecule has 9 heteroatoms. The predicted octanol–water partition coefficient (Wildman–Crippen LogP) is 4.01. The van der Waals surface area contributed by atoms with E-state index in [0.717, 1.165) is 58.7 Å². The van der Waals surface area contributed by atoms with Crippen molar-refractivity contribution in [2.75, 3.05) is 18.0 Å². The smallest absolute Gasteiger partial charge is 0.225 e. The van der Waals surface area contributed by atoms with E-state index in [1.807, 2.05) is 54.9 Å². The second-order valence-electron chi connectivity index (χ2n) is 8.67. The maximum Gasteiger partial charge on any atom is 0.225 e. The largest absolute Gasteiger partial charge is 0.352 e. The summed E-state index contributed by atoms with van der Waals surface area (Å²) in [6, 6.07) is 11.4. The van der Waals surface area contributed by atoms with Gasteiger partial charge in [-0.2, -0.15) is 10.2 Å². The number of pyridine rings is 1. The van der Waals surface area contributed by atoms with Crippen LogP contribution in [0.4, 0.5) is 5.82 Å². The van der Waals surface area contributed by atoms with E-state index in [9.17, 15) is 4.79 Å². The molecule has 3 aromatic heterocycles. The van der Waals surface area contributed by atoms with Crippen molar-refractivity contribution in [3.05, 3.63) is 70.8 Å². The first-order chi connectivity index (χ1) is 16.5. The van der Waals surface area contributed by atoms with Gasteiger partial charge in [-0.25, -0.2) is 4.68 Å². The van der Waals surface area contributed by atoms with Crippen LogP contribution in [0.2, 0.25) is 5.02 Å². The summed E-state index contributed by atoms with van der Waals surface area (Å²) in [7, 11) is 0. The Hall–Kier alpha value is -3.52. The highest BCUT2D eigenvalue weighted by molar-refractivity contribution is 6.30. The third-order valence-electron chi connectivity index (χ3n) is 6.34. The van der Waals surface area contributed by atoms with Gasteiger partial charge in [0, 0.05) is 37.1 Å². The summed E-state index contributed by atoms with van der Waals surface area (Å²) in [6.07, 6.45) is 5.24. The molecule has 1 fully saturated rings. The molecule has 4 heterocycles. The number of nitrogens with one attached hydrogen (secondary N) is 1. The van der Waals surface area contributed by atoms with Crippen LogP contribution in [-0.2, 0) is 11.3 Å². The highest BCUT2D eigenvalue weighted by atomic mass is 35.5. The number of aryl methyl sites for hydroxylation is 2. The minimum atomic E-state index is -0.122. The lowest BCUT2D eigenvalue weighted by Gasteiger charge is -2.32. The average Bonchev–Trinajstić information content (AvgIpc) is 3.22. The lowest BCUT2D eigenvalue weighted by molar-refractivity contribution is -0.125. The van der Waals surface area contributed by atoms with E-state index in [-0.39, 0.29) is 11.8 Å². The number of carbonyl (C=O) groups is 1. The van der Waals surface area contributed by atoms with Crippen LogP contribution in [0.25, 0.3) is 16.6 Å². The number of hydrogen-bond acceptors (Lipinski definition) is 6. The third-order valence-corrected chi connectivity index (χ3v) is 6.59. The van der Waals surface area contributed by atoms with Crippen molar-refractivity contribution in [1.29, 1.82) is 0 Å². The number of carbonyl (C=O) groups excluding carboxylic acids is 1. The summed E-state index contributed by atoms with van der Waals surface area (Å²) in [5, 5.41) is 18.6. The highest BCUT2D eigenvalue weighted by Gasteiger charge is 2.29. The van der Waals surface area contributed by atoms with Crippen molar-refractivity contribution >= 4 is 34.2 Å². The zero-order valence-corrected chi connectivity index (χ0v) is 20.0. The van der Waals surface area contributed by atoms with Crippen molar-refractivity contribution in [2.24, 2.45) is 5.92 Å². The fourth-order valence-electron chi connectivity index (χ4n) is 4.58. The Morgan fingerprint density at radius 3 is 2.76 bits per heavy atom. The molecular formula is C25H26ClN7O. The van der Waals surface area contributed by atoms with E-state index in [2.05, 4.69) is 25.4 Å². The number of hydrogen-bond donors (Lipinski definition) is 1. The van der Waals surface area contributed by atoms with Crippen LogP contribution in [0.1, 0.15) is 29.8 Å². The second kappa shape index (κ2) is 9.38. The van der Waals surface area contributed by atoms with Crippen LogP contribution in [-0.4, -0.2) is 44.0 Å². The van der Waals surface area contributed by atoms with E-state index in [4.69, 9.17) is 16.7 Å². The molecule has 0 saturated carbocycles. The fraction of sp³-hybridized carbons (Fsp3) is 0.320. The molecule has 0 spiro atoms. The van der Waals surface area contributed by atoms with E-state index >= 15 is 0 Å². The number of benzene rings is 1. The Labute approximate surface area is 203 Å². The van der Waals surface area contributed by atoms with Crippen molar-refractivity contribution < 1.29 is 4.79 Å². The van der Waals surface area contributed by atoms with E-state index < -0.39 is 0 Å². The summed E-state index contributed by atoms with van der Waals surface area (Å²) >= 11 is 6.07. The van der Waals surface area contributed by atoms with Gasteiger partial charge in [0.25, 0.3) is 0 Å². The van der Waals surface area contributed by atoms with Crippen molar-refractivity contribution in [1.82, 2.24) is 30.3 Å². The Bertz CT molecular complexity index is 1320. The van der Waals surface area contributed by atoms with Gasteiger partial charge in [0.2, 0.25) is 5.91 Å². The number of anilines is 1. The third kappa shape index (κ3) is 4.33. The molecule has 4 aromatic rings. The van der Waals surface area contributed by atoms with Crippen LogP contribution in [0.3, 0.4) is 0 Å². The molecule has 5 rings (SSSR count). The molecule has 0 bridgehead atoms. The van der Waals surface area contributed by atoms with Crippen molar-refractivity contribution in [2.45, 2.75) is 33.2 Å². The maximum atomic E-state index is 12.9. The standard InChI is InChI=1S/C25H26ClN7O/c1-16-22-17(2)33(21-9-7-20(26)8-10-21)31-23(22)24(30-29-16)32-12-4-6-19(15-32)25(34)28-14-18-5-3-11-27-13-18/h3,5,7-11,13,19H,4,6,12,14-15H2,1-2H3,(H,28,34)/t19-/m1/s1. The van der Waals surface area contributed by atoms with Gasteiger partial charge < -0.3 is 10.2 Å². The number of halogens is 1. The van der Waals surface area contributed by atoms with E-state index in [1.54, 1.807) is 12.4 Å². The molecule has 1 N–H and O–H groups in total. The molecule has 174 valence electrons. The number of rotatable bonds is 5. The summed E-state index contributed by atoms with van der Waals surface area (Å²) in [5.74, 6) is 0.650. The molecule has 0 radical (unpaired) electrons. The van der Waals surface area contributed by atoms with Gasteiger partial charge in [0.15, 0.2) is 5.82 Å². The number of amides is 1. The molecule has 0 unspecified atom stereocenters. The number of aromatic nitrogens is 5. The topological polar surface area (TPSA) is 88.8 Å². The number of nitrogens with zero attached hydrogens (tertiary/aromatic N) is 6. The SMILES string of the molecule is Cc1nnc(N2CCC[C@@H](C(=O)NCc3cccnc3)C2)c2nn(-c3ccc(Cl)cc3)c(C)c12. The summed E-state index contributed by atoms with van der Waals surface area (Å²) in [6.45, 7) is 5.85. The van der Waals surface area contributed by atoms with Gasteiger partial charge in [-0.1, -0.05) is 17.7 Å². The maximum absolute atomic E-state index is 12.9. The zero-order chi connectivity index (χ0) is 23.7. The Kier molecular flexibility index (Phi) is 6.15. The molecule has 1 aliphatic heterocycles. The molecule has 0 aliphatic carbocycles. The van der Waals surface area contributed by atoms with Crippen LogP contribution < -0.4 is 10.2 Å². The van der Waals surface area contributed by atoms with Gasteiger partial charge in [0.05, 0.1) is 28.4 Å². The summed E-state index contributed by atoms with van der Waals surface area (Å²) in [5.41, 5.74) is 4.54. The first kappa shape index (κ1) is 22.3. The van der Waals surface area contributed by atoms with E-state index in [1.165, 1.54) is 0 Å². The number of piperidine rings is 1. The fourth-order valence-corrected chi connectivity index (χ4v) is 4.70. The first-order valence-corrected chi connectivity index (χ1v) is 11.8. The molecule has 1 amide bonds. The molecule has 1 aromatic carbocycles. The average molecular weight is 476 g/mol. The van der Waals surface area contributed by atoms with Gasteiger partial charge in [-0.3, -0.25) is 9.78 Å². The van der Waals surface area contributed by atoms with Crippen molar-refractivity contribution in [3.63, 3.8) is 0 Å². The van der Waals surface area contributed by atoms with E-state index in [0.29, 0.717) is 18.1 Å². The van der Waals surface area contributed by atoms with Crippen molar-refractivity contribution in [3.8, 4) is 5.69 Å². The van der Waals surface area contributed by atoms with Crippen LogP contribution in [0.15, 0.2) is 48.8 Å². The lowest BCUT2D eigenvalue weighted by Crippen LogP contribution is -2.43. The monoisotopic (exact) mass is 475 g/mol. The van der Waals surface area contributed by atoms with Crippen LogP contribution in [0.5, 0.6) is 0 Å². The normalized spacial score (nSPS) is 16.1. The highest BCUT2D eigenvalue weighted by Crippen LogP contribution is 2.31. The van der Waals surface area contributed by atoms with Gasteiger partial charge in [0.1, 0.15) is 5.52 Å². The second-order valence-corrected chi connectivity index (χ2v) is 9.11. The number of fused-ring (bicyclic) bond motifs is 1. The van der Waals surface area contributed by atoms with Gasteiger partial charge in [-0.15, -0.1) is 5.10 Å². The minimum Gasteiger partial charge on any atom is -0.352 e. The molecule has 1 aliphatic rings. The molecule has 8 nitrogen and oxygen atoms in total. The van der Waals surface area contributed by atoms with Gasteiger partial charge >= 0.3 is 0 Å². The molecule has 1 atom stereocenters. The molecular weight excluding hydrogens is 450 g/mol. The predicted molar refractivity (Wildman–Crippen MR) is 132 cm³/mol. The zero-order valence-electron chi connectivity index (χ0n) is 19.2. The quantitative estimate of drug-likeness (QED) is 0.469. The van der Waals surface area contributed by atoms with Crippen LogP contribution >= 0.6 is 11.6 Å². The first-order valence-electron chi connectivity index (χ1n) is 11.4. The Morgan fingerprint density at radius 1 is 1.18 bits per heavy atom. The van der Waals surface area contributed by atoms with Gasteiger partial charge in [-0.05, 0) is 62.6 Å². The molecule has 1 saturated heterocycles. The molecule has 34 heavy (non-hydrogen) atoms.